The van der Waals surface area contributed by atoms with Crippen molar-refractivity contribution in [2.24, 2.45) is 5.92 Å². The molecule has 7 heteroatoms. The summed E-state index contributed by atoms with van der Waals surface area (Å²) in [6, 6.07) is 5.82. The van der Waals surface area contributed by atoms with Gasteiger partial charge in [0.05, 0.1) is 5.92 Å². The summed E-state index contributed by atoms with van der Waals surface area (Å²) in [6.45, 7) is 6.64. The summed E-state index contributed by atoms with van der Waals surface area (Å²) in [6.07, 6.45) is 6.76. The zero-order valence-electron chi connectivity index (χ0n) is 17.7. The maximum Gasteiger partial charge on any atom is 0.410 e. The zero-order valence-corrected chi connectivity index (χ0v) is 17.7. The molecule has 1 saturated carbocycles. The lowest BCUT2D eigenvalue weighted by atomic mass is 9.91. The summed E-state index contributed by atoms with van der Waals surface area (Å²) < 4.78 is 11.4. The molecule has 2 aliphatic rings. The first-order valence-corrected chi connectivity index (χ1v) is 10.7. The summed E-state index contributed by atoms with van der Waals surface area (Å²) in [4.78, 5) is 30.9. The maximum atomic E-state index is 12.8. The van der Waals surface area contributed by atoms with Gasteiger partial charge >= 0.3 is 6.09 Å². The molecule has 7 nitrogen and oxygen atoms in total. The van der Waals surface area contributed by atoms with Crippen LogP contribution in [0.2, 0.25) is 0 Å². The van der Waals surface area contributed by atoms with Gasteiger partial charge in [0.25, 0.3) is 0 Å². The van der Waals surface area contributed by atoms with E-state index < -0.39 is 5.60 Å². The Labute approximate surface area is 173 Å². The van der Waals surface area contributed by atoms with Gasteiger partial charge in [0.1, 0.15) is 11.7 Å². The Balaban J connectivity index is 1.43. The maximum absolute atomic E-state index is 12.8. The number of nitrogens with zero attached hydrogens (tertiary/aromatic N) is 2. The van der Waals surface area contributed by atoms with Crippen molar-refractivity contribution < 1.29 is 19.1 Å². The van der Waals surface area contributed by atoms with Crippen LogP contribution in [0.1, 0.15) is 59.3 Å². The van der Waals surface area contributed by atoms with E-state index in [2.05, 4.69) is 10.3 Å². The Bertz CT molecular complexity index is 681. The Morgan fingerprint density at radius 2 is 1.90 bits per heavy atom. The van der Waals surface area contributed by atoms with Crippen molar-refractivity contribution in [3.63, 3.8) is 0 Å². The van der Waals surface area contributed by atoms with Crippen LogP contribution in [-0.4, -0.2) is 52.7 Å². The molecule has 29 heavy (non-hydrogen) atoms. The molecule has 2 fully saturated rings. The quantitative estimate of drug-likeness (QED) is 0.832. The highest BCUT2D eigenvalue weighted by Crippen LogP contribution is 2.24. The number of likely N-dealkylation sites (tertiary alicyclic amines) is 1. The van der Waals surface area contributed by atoms with E-state index in [0.717, 1.165) is 38.5 Å². The van der Waals surface area contributed by atoms with Crippen LogP contribution in [0.15, 0.2) is 24.4 Å². The summed E-state index contributed by atoms with van der Waals surface area (Å²) in [5.74, 6) is 0.538. The highest BCUT2D eigenvalue weighted by Gasteiger charge is 2.32. The van der Waals surface area contributed by atoms with E-state index in [1.165, 1.54) is 0 Å². The second-order valence-corrected chi connectivity index (χ2v) is 9.03. The number of nitrogens with one attached hydrogen (secondary N) is 1. The number of pyridine rings is 1. The number of amides is 2. The minimum absolute atomic E-state index is 0.0485. The molecule has 1 atom stereocenters. The molecule has 1 aromatic rings. The van der Waals surface area contributed by atoms with Gasteiger partial charge < -0.3 is 19.7 Å². The highest BCUT2D eigenvalue weighted by molar-refractivity contribution is 5.80. The van der Waals surface area contributed by atoms with Gasteiger partial charge in [0.15, 0.2) is 0 Å². The third kappa shape index (κ3) is 6.61. The van der Waals surface area contributed by atoms with Crippen LogP contribution >= 0.6 is 0 Å². The largest absolute Gasteiger partial charge is 0.474 e. The molecule has 1 aliphatic carbocycles. The molecule has 1 aliphatic heterocycles. The second kappa shape index (κ2) is 9.46. The molecule has 0 aromatic carbocycles. The van der Waals surface area contributed by atoms with E-state index in [1.54, 1.807) is 11.1 Å². The number of hydrogen-bond donors (Lipinski definition) is 1. The molecule has 2 amide bonds. The SMILES string of the molecule is CC(C)(C)OC(=O)N1CCCC(C(=O)NC2CCC(Oc3ccccn3)CC2)C1. The van der Waals surface area contributed by atoms with Gasteiger partial charge in [-0.3, -0.25) is 4.79 Å². The van der Waals surface area contributed by atoms with Crippen molar-refractivity contribution in [1.82, 2.24) is 15.2 Å². The van der Waals surface area contributed by atoms with E-state index in [1.807, 2.05) is 39.0 Å². The number of hydrogen-bond acceptors (Lipinski definition) is 5. The molecule has 160 valence electrons. The van der Waals surface area contributed by atoms with Crippen molar-refractivity contribution in [3.05, 3.63) is 24.4 Å². The third-order valence-corrected chi connectivity index (χ3v) is 5.39. The smallest absolute Gasteiger partial charge is 0.410 e. The Kier molecular flexibility index (Phi) is 6.98. The predicted molar refractivity (Wildman–Crippen MR) is 110 cm³/mol. The van der Waals surface area contributed by atoms with Crippen LogP contribution in [0, 0.1) is 5.92 Å². The van der Waals surface area contributed by atoms with E-state index in [9.17, 15) is 9.59 Å². The summed E-state index contributed by atoms with van der Waals surface area (Å²) >= 11 is 0. The third-order valence-electron chi connectivity index (χ3n) is 5.39. The van der Waals surface area contributed by atoms with E-state index in [-0.39, 0.29) is 30.1 Å². The number of piperidine rings is 1. The molecule has 3 rings (SSSR count). The number of aromatic nitrogens is 1. The fraction of sp³-hybridized carbons (Fsp3) is 0.682. The number of carbonyl (C=O) groups excluding carboxylic acids is 2. The molecule has 2 heterocycles. The first kappa shape index (κ1) is 21.4. The Morgan fingerprint density at radius 1 is 1.14 bits per heavy atom. The summed E-state index contributed by atoms with van der Waals surface area (Å²) in [7, 11) is 0. The second-order valence-electron chi connectivity index (χ2n) is 9.03. The zero-order chi connectivity index (χ0) is 20.9. The van der Waals surface area contributed by atoms with Crippen LogP contribution in [0.25, 0.3) is 0 Å². The predicted octanol–water partition coefficient (Wildman–Crippen LogP) is 3.53. The monoisotopic (exact) mass is 403 g/mol. The fourth-order valence-corrected chi connectivity index (χ4v) is 3.92. The molecule has 1 aromatic heterocycles. The van der Waals surface area contributed by atoms with Crippen LogP contribution in [0.5, 0.6) is 5.88 Å². The van der Waals surface area contributed by atoms with Crippen LogP contribution < -0.4 is 10.1 Å². The van der Waals surface area contributed by atoms with Crippen molar-refractivity contribution in [2.75, 3.05) is 13.1 Å². The molecular weight excluding hydrogens is 370 g/mol. The average molecular weight is 404 g/mol. The van der Waals surface area contributed by atoms with Crippen molar-refractivity contribution in [2.45, 2.75) is 77.0 Å². The van der Waals surface area contributed by atoms with Crippen molar-refractivity contribution >= 4 is 12.0 Å². The van der Waals surface area contributed by atoms with Gasteiger partial charge in [-0.2, -0.15) is 0 Å². The van der Waals surface area contributed by atoms with E-state index in [4.69, 9.17) is 9.47 Å². The number of ether oxygens (including phenoxy) is 2. The lowest BCUT2D eigenvalue weighted by Gasteiger charge is -2.35. The number of rotatable bonds is 4. The molecule has 1 N–H and O–H groups in total. The number of carbonyl (C=O) groups is 2. The van der Waals surface area contributed by atoms with Gasteiger partial charge in [-0.05, 0) is 65.4 Å². The Morgan fingerprint density at radius 3 is 2.55 bits per heavy atom. The molecule has 1 saturated heterocycles. The Hall–Kier alpha value is -2.31. The molecule has 0 spiro atoms. The van der Waals surface area contributed by atoms with Gasteiger partial charge in [-0.25, -0.2) is 9.78 Å². The molecular formula is C22H33N3O4. The minimum Gasteiger partial charge on any atom is -0.474 e. The summed E-state index contributed by atoms with van der Waals surface area (Å²) in [5, 5.41) is 3.19. The van der Waals surface area contributed by atoms with E-state index >= 15 is 0 Å². The minimum atomic E-state index is -0.526. The topological polar surface area (TPSA) is 80.8 Å². The first-order valence-electron chi connectivity index (χ1n) is 10.7. The van der Waals surface area contributed by atoms with Gasteiger partial charge in [0.2, 0.25) is 11.8 Å². The molecule has 0 radical (unpaired) electrons. The van der Waals surface area contributed by atoms with Crippen molar-refractivity contribution in [1.29, 1.82) is 0 Å². The average Bonchev–Trinajstić information content (AvgIpc) is 2.69. The van der Waals surface area contributed by atoms with Crippen LogP contribution in [0.4, 0.5) is 4.79 Å². The lowest BCUT2D eigenvalue weighted by Crippen LogP contribution is -2.49. The fourth-order valence-electron chi connectivity index (χ4n) is 3.92. The molecule has 0 bridgehead atoms. The van der Waals surface area contributed by atoms with Gasteiger partial charge in [-0.1, -0.05) is 6.07 Å². The summed E-state index contributed by atoms with van der Waals surface area (Å²) in [5.41, 5.74) is -0.526. The standard InChI is InChI=1S/C22H33N3O4/c1-22(2,3)29-21(27)25-14-6-7-16(15-25)20(26)24-17-9-11-18(12-10-17)28-19-8-4-5-13-23-19/h4-5,8,13,16-18H,6-7,9-12,14-15H2,1-3H3,(H,24,26). The normalized spacial score (nSPS) is 25.2. The van der Waals surface area contributed by atoms with Crippen LogP contribution in [-0.2, 0) is 9.53 Å². The van der Waals surface area contributed by atoms with Gasteiger partial charge in [-0.15, -0.1) is 0 Å². The molecule has 1 unspecified atom stereocenters. The first-order chi connectivity index (χ1) is 13.8. The lowest BCUT2D eigenvalue weighted by molar-refractivity contribution is -0.127. The van der Waals surface area contributed by atoms with Crippen LogP contribution in [0.3, 0.4) is 0 Å². The van der Waals surface area contributed by atoms with Gasteiger partial charge in [0, 0.05) is 31.4 Å². The van der Waals surface area contributed by atoms with Crippen molar-refractivity contribution in [3.8, 4) is 5.88 Å². The van der Waals surface area contributed by atoms with E-state index in [0.29, 0.717) is 19.0 Å². The highest BCUT2D eigenvalue weighted by atomic mass is 16.6.